The lowest BCUT2D eigenvalue weighted by molar-refractivity contribution is 1.09. The summed E-state index contributed by atoms with van der Waals surface area (Å²) in [5, 5.41) is 7.44. The summed E-state index contributed by atoms with van der Waals surface area (Å²) in [4.78, 5) is 7.87. The molecule has 0 amide bonds. The fourth-order valence-electron chi connectivity index (χ4n) is 0.736. The van der Waals surface area contributed by atoms with Crippen LogP contribution in [0.1, 0.15) is 0 Å². The van der Waals surface area contributed by atoms with Crippen LogP contribution in [0.15, 0.2) is 17.1 Å². The summed E-state index contributed by atoms with van der Waals surface area (Å²) in [5.41, 5.74) is 0.752. The number of halogens is 1. The molecule has 50 valence electrons. The van der Waals surface area contributed by atoms with Gasteiger partial charge in [-0.05, 0) is 15.9 Å². The lowest BCUT2D eigenvalue weighted by atomic mass is 10.5. The normalized spacial score (nSPS) is 10.5. The Bertz CT molecular complexity index is 355. The number of hydrogen-bond donors (Lipinski definition) is 1. The van der Waals surface area contributed by atoms with Crippen molar-refractivity contribution >= 4 is 27.0 Å². The zero-order valence-corrected chi connectivity index (χ0v) is 6.46. The van der Waals surface area contributed by atoms with Crippen molar-refractivity contribution in [2.24, 2.45) is 0 Å². The zero-order valence-electron chi connectivity index (χ0n) is 4.87. The smallest absolute Gasteiger partial charge is 0.159 e. The van der Waals surface area contributed by atoms with Gasteiger partial charge in [-0.2, -0.15) is 5.10 Å². The molecule has 2 aromatic heterocycles. The number of aromatic amines is 1. The monoisotopic (exact) mass is 198 g/mol. The number of nitrogens with zero attached hydrogens (tertiary/aromatic N) is 3. The summed E-state index contributed by atoms with van der Waals surface area (Å²) in [6.07, 6.45) is 3.16. The third-order valence-corrected chi connectivity index (χ3v) is 1.83. The molecule has 10 heavy (non-hydrogen) atoms. The summed E-state index contributed by atoms with van der Waals surface area (Å²) in [6, 6.07) is 0. The standard InChI is InChI=1S/C5H3BrN4/c6-4-3-1-9-10-5(3)8-2-7-4/h1-2H,(H,7,8,9,10). The molecule has 0 bridgehead atoms. The Labute approximate surface area is 64.8 Å². The first-order valence-electron chi connectivity index (χ1n) is 2.67. The van der Waals surface area contributed by atoms with Crippen molar-refractivity contribution in [2.75, 3.05) is 0 Å². The average Bonchev–Trinajstić information content (AvgIpc) is 2.36. The van der Waals surface area contributed by atoms with E-state index in [1.807, 2.05) is 0 Å². The number of H-pyrrole nitrogens is 1. The molecule has 0 aliphatic rings. The first kappa shape index (κ1) is 5.79. The first-order chi connectivity index (χ1) is 4.88. The highest BCUT2D eigenvalue weighted by Gasteiger charge is 1.99. The highest BCUT2D eigenvalue weighted by molar-refractivity contribution is 9.10. The van der Waals surface area contributed by atoms with Crippen LogP contribution in [0.5, 0.6) is 0 Å². The van der Waals surface area contributed by atoms with Crippen molar-refractivity contribution in [2.45, 2.75) is 0 Å². The van der Waals surface area contributed by atoms with Crippen LogP contribution in [0.3, 0.4) is 0 Å². The van der Waals surface area contributed by atoms with Crippen LogP contribution in [-0.4, -0.2) is 20.2 Å². The Morgan fingerprint density at radius 2 is 2.30 bits per heavy atom. The summed E-state index contributed by atoms with van der Waals surface area (Å²) >= 11 is 3.26. The first-order valence-corrected chi connectivity index (χ1v) is 3.47. The van der Waals surface area contributed by atoms with Crippen molar-refractivity contribution in [3.63, 3.8) is 0 Å². The van der Waals surface area contributed by atoms with E-state index in [1.165, 1.54) is 6.33 Å². The molecule has 4 nitrogen and oxygen atoms in total. The fraction of sp³-hybridized carbons (Fsp3) is 0. The highest BCUT2D eigenvalue weighted by Crippen LogP contribution is 2.15. The molecular formula is C5H3BrN4. The Kier molecular flexibility index (Phi) is 1.17. The average molecular weight is 199 g/mol. The van der Waals surface area contributed by atoms with E-state index in [0.29, 0.717) is 0 Å². The summed E-state index contributed by atoms with van der Waals surface area (Å²) < 4.78 is 0.770. The molecule has 2 heterocycles. The second kappa shape index (κ2) is 2.02. The number of rotatable bonds is 0. The van der Waals surface area contributed by atoms with Gasteiger partial charge in [-0.25, -0.2) is 9.97 Å². The van der Waals surface area contributed by atoms with Gasteiger partial charge in [-0.1, -0.05) is 0 Å². The van der Waals surface area contributed by atoms with Crippen LogP contribution < -0.4 is 0 Å². The van der Waals surface area contributed by atoms with Crippen LogP contribution in [0.25, 0.3) is 11.0 Å². The molecule has 0 saturated heterocycles. The van der Waals surface area contributed by atoms with Crippen LogP contribution in [0, 0.1) is 0 Å². The lowest BCUT2D eigenvalue weighted by Gasteiger charge is -1.87. The molecule has 2 rings (SSSR count). The van der Waals surface area contributed by atoms with E-state index in [1.54, 1.807) is 6.20 Å². The molecule has 0 atom stereocenters. The van der Waals surface area contributed by atoms with Crippen LogP contribution >= 0.6 is 15.9 Å². The van der Waals surface area contributed by atoms with Crippen molar-refractivity contribution in [3.8, 4) is 0 Å². The van der Waals surface area contributed by atoms with E-state index in [9.17, 15) is 0 Å². The van der Waals surface area contributed by atoms with Gasteiger partial charge in [0.2, 0.25) is 0 Å². The third kappa shape index (κ3) is 0.706. The Hall–Kier alpha value is -0.970. The Balaban J connectivity index is 2.95. The van der Waals surface area contributed by atoms with E-state index >= 15 is 0 Å². The van der Waals surface area contributed by atoms with Gasteiger partial charge in [0, 0.05) is 0 Å². The van der Waals surface area contributed by atoms with Crippen LogP contribution in [0.2, 0.25) is 0 Å². The van der Waals surface area contributed by atoms with E-state index < -0.39 is 0 Å². The predicted molar refractivity (Wildman–Crippen MR) is 39.4 cm³/mol. The van der Waals surface area contributed by atoms with E-state index in [-0.39, 0.29) is 0 Å². The molecule has 0 aliphatic heterocycles. The topological polar surface area (TPSA) is 54.5 Å². The molecular weight excluding hydrogens is 196 g/mol. The van der Waals surface area contributed by atoms with Gasteiger partial charge in [0.05, 0.1) is 11.6 Å². The van der Waals surface area contributed by atoms with Gasteiger partial charge in [-0.15, -0.1) is 0 Å². The number of nitrogens with one attached hydrogen (secondary N) is 1. The molecule has 0 aliphatic carbocycles. The summed E-state index contributed by atoms with van der Waals surface area (Å²) in [5.74, 6) is 0. The van der Waals surface area contributed by atoms with Crippen molar-refractivity contribution < 1.29 is 0 Å². The lowest BCUT2D eigenvalue weighted by Crippen LogP contribution is -1.79. The molecule has 0 saturated carbocycles. The van der Waals surface area contributed by atoms with Crippen molar-refractivity contribution in [1.29, 1.82) is 0 Å². The molecule has 0 spiro atoms. The SMILES string of the molecule is Brc1ncnc2[nH]ncc12. The third-order valence-electron chi connectivity index (χ3n) is 1.20. The maximum Gasteiger partial charge on any atom is 0.159 e. The van der Waals surface area contributed by atoms with E-state index in [4.69, 9.17) is 0 Å². The van der Waals surface area contributed by atoms with E-state index in [2.05, 4.69) is 36.1 Å². The second-order valence-electron chi connectivity index (χ2n) is 1.80. The minimum Gasteiger partial charge on any atom is -0.261 e. The quantitative estimate of drug-likeness (QED) is 0.646. The highest BCUT2D eigenvalue weighted by atomic mass is 79.9. The van der Waals surface area contributed by atoms with Gasteiger partial charge in [0.1, 0.15) is 10.9 Å². The van der Waals surface area contributed by atoms with Gasteiger partial charge in [0.25, 0.3) is 0 Å². The number of aromatic nitrogens is 4. The molecule has 0 radical (unpaired) electrons. The largest absolute Gasteiger partial charge is 0.261 e. The maximum absolute atomic E-state index is 3.94. The molecule has 2 aromatic rings. The Morgan fingerprint density at radius 3 is 3.10 bits per heavy atom. The van der Waals surface area contributed by atoms with Gasteiger partial charge in [-0.3, -0.25) is 5.10 Å². The van der Waals surface area contributed by atoms with Gasteiger partial charge >= 0.3 is 0 Å². The minimum atomic E-state index is 0.752. The van der Waals surface area contributed by atoms with E-state index in [0.717, 1.165) is 15.6 Å². The number of hydrogen-bond acceptors (Lipinski definition) is 3. The second-order valence-corrected chi connectivity index (χ2v) is 2.55. The molecule has 0 fully saturated rings. The van der Waals surface area contributed by atoms with Crippen molar-refractivity contribution in [1.82, 2.24) is 20.2 Å². The summed E-state index contributed by atoms with van der Waals surface area (Å²) in [6.45, 7) is 0. The Morgan fingerprint density at radius 1 is 1.40 bits per heavy atom. The minimum absolute atomic E-state index is 0.752. The van der Waals surface area contributed by atoms with Crippen LogP contribution in [-0.2, 0) is 0 Å². The van der Waals surface area contributed by atoms with Gasteiger partial charge in [0.15, 0.2) is 5.65 Å². The zero-order chi connectivity index (χ0) is 6.97. The predicted octanol–water partition coefficient (Wildman–Crippen LogP) is 1.12. The van der Waals surface area contributed by atoms with Crippen LogP contribution in [0.4, 0.5) is 0 Å². The summed E-state index contributed by atoms with van der Waals surface area (Å²) in [7, 11) is 0. The van der Waals surface area contributed by atoms with Gasteiger partial charge < -0.3 is 0 Å². The molecule has 5 heteroatoms. The molecule has 0 aromatic carbocycles. The maximum atomic E-state index is 3.94. The van der Waals surface area contributed by atoms with Crippen molar-refractivity contribution in [3.05, 3.63) is 17.1 Å². The molecule has 1 N–H and O–H groups in total. The molecule has 0 unspecified atom stereocenters. The number of fused-ring (bicyclic) bond motifs is 1. The fourth-order valence-corrected chi connectivity index (χ4v) is 1.12.